The monoisotopic (exact) mass is 275 g/mol. The van der Waals surface area contributed by atoms with Gasteiger partial charge >= 0.3 is 0 Å². The SMILES string of the molecule is CNC(C)(C)c1ncc2c(SC3CCC3)cccn12. The highest BCUT2D eigenvalue weighted by atomic mass is 32.2. The van der Waals surface area contributed by atoms with Gasteiger partial charge in [-0.25, -0.2) is 4.98 Å². The molecule has 1 fully saturated rings. The molecule has 1 aliphatic rings. The first-order valence-corrected chi connectivity index (χ1v) is 7.82. The van der Waals surface area contributed by atoms with Crippen molar-refractivity contribution in [1.29, 1.82) is 0 Å². The average molecular weight is 275 g/mol. The molecule has 0 amide bonds. The number of nitrogens with zero attached hydrogens (tertiary/aromatic N) is 2. The summed E-state index contributed by atoms with van der Waals surface area (Å²) in [7, 11) is 1.98. The molecule has 19 heavy (non-hydrogen) atoms. The lowest BCUT2D eigenvalue weighted by Crippen LogP contribution is -2.35. The van der Waals surface area contributed by atoms with E-state index in [1.54, 1.807) is 0 Å². The maximum atomic E-state index is 4.64. The summed E-state index contributed by atoms with van der Waals surface area (Å²) in [4.78, 5) is 6.00. The lowest BCUT2D eigenvalue weighted by molar-refractivity contribution is 0.415. The third-order valence-electron chi connectivity index (χ3n) is 4.06. The fourth-order valence-electron chi connectivity index (χ4n) is 2.34. The van der Waals surface area contributed by atoms with E-state index < -0.39 is 0 Å². The highest BCUT2D eigenvalue weighted by molar-refractivity contribution is 8.00. The van der Waals surface area contributed by atoms with Gasteiger partial charge < -0.3 is 9.72 Å². The van der Waals surface area contributed by atoms with Crippen molar-refractivity contribution in [3.63, 3.8) is 0 Å². The average Bonchev–Trinajstić information content (AvgIpc) is 2.79. The van der Waals surface area contributed by atoms with E-state index in [4.69, 9.17) is 0 Å². The number of nitrogens with one attached hydrogen (secondary N) is 1. The predicted octanol–water partition coefficient (Wildman–Crippen LogP) is 3.43. The Labute approximate surface area is 118 Å². The van der Waals surface area contributed by atoms with Gasteiger partial charge in [-0.1, -0.05) is 6.42 Å². The second-order valence-corrected chi connectivity index (χ2v) is 7.10. The molecule has 2 aromatic rings. The first-order chi connectivity index (χ1) is 9.12. The first-order valence-electron chi connectivity index (χ1n) is 6.94. The van der Waals surface area contributed by atoms with Gasteiger partial charge in [0, 0.05) is 16.3 Å². The van der Waals surface area contributed by atoms with Gasteiger partial charge in [0.05, 0.1) is 17.3 Å². The molecule has 2 heterocycles. The van der Waals surface area contributed by atoms with Crippen molar-refractivity contribution in [2.75, 3.05) is 7.05 Å². The second kappa shape index (κ2) is 4.84. The summed E-state index contributed by atoms with van der Waals surface area (Å²) in [5.41, 5.74) is 1.12. The Kier molecular flexibility index (Phi) is 3.31. The van der Waals surface area contributed by atoms with E-state index in [0.29, 0.717) is 0 Å². The maximum Gasteiger partial charge on any atom is 0.133 e. The lowest BCUT2D eigenvalue weighted by Gasteiger charge is -2.25. The molecule has 2 aromatic heterocycles. The van der Waals surface area contributed by atoms with Crippen LogP contribution < -0.4 is 5.32 Å². The van der Waals surface area contributed by atoms with Crippen molar-refractivity contribution in [2.24, 2.45) is 0 Å². The molecule has 3 rings (SSSR count). The number of pyridine rings is 1. The molecule has 0 spiro atoms. The van der Waals surface area contributed by atoms with Gasteiger partial charge in [-0.3, -0.25) is 0 Å². The molecular formula is C15H21N3S. The summed E-state index contributed by atoms with van der Waals surface area (Å²) in [6.45, 7) is 4.32. The van der Waals surface area contributed by atoms with Gasteiger partial charge in [-0.05, 0) is 45.9 Å². The van der Waals surface area contributed by atoms with Crippen molar-refractivity contribution in [3.05, 3.63) is 30.4 Å². The normalized spacial score (nSPS) is 16.8. The van der Waals surface area contributed by atoms with Crippen LogP contribution >= 0.6 is 11.8 Å². The van der Waals surface area contributed by atoms with Gasteiger partial charge in [-0.2, -0.15) is 0 Å². The molecule has 0 aromatic carbocycles. The number of rotatable bonds is 4. The summed E-state index contributed by atoms with van der Waals surface area (Å²) in [6.07, 6.45) is 8.22. The van der Waals surface area contributed by atoms with Crippen LogP contribution in [-0.2, 0) is 5.54 Å². The van der Waals surface area contributed by atoms with Crippen molar-refractivity contribution < 1.29 is 0 Å². The Morgan fingerprint density at radius 2 is 2.21 bits per heavy atom. The van der Waals surface area contributed by atoms with Gasteiger partial charge in [0.25, 0.3) is 0 Å². The minimum absolute atomic E-state index is 0.119. The second-order valence-electron chi connectivity index (χ2n) is 5.76. The van der Waals surface area contributed by atoms with Crippen LogP contribution in [-0.4, -0.2) is 21.7 Å². The van der Waals surface area contributed by atoms with Crippen molar-refractivity contribution in [3.8, 4) is 0 Å². The predicted molar refractivity (Wildman–Crippen MR) is 80.8 cm³/mol. The molecule has 0 bridgehead atoms. The Balaban J connectivity index is 2.02. The van der Waals surface area contributed by atoms with E-state index in [0.717, 1.165) is 11.1 Å². The number of hydrogen-bond donors (Lipinski definition) is 1. The Hall–Kier alpha value is -1.00. The van der Waals surface area contributed by atoms with E-state index >= 15 is 0 Å². The number of imidazole rings is 1. The van der Waals surface area contributed by atoms with Crippen LogP contribution in [0.3, 0.4) is 0 Å². The van der Waals surface area contributed by atoms with E-state index in [9.17, 15) is 0 Å². The van der Waals surface area contributed by atoms with Gasteiger partial charge in [0.15, 0.2) is 0 Å². The molecular weight excluding hydrogens is 254 g/mol. The molecule has 1 N–H and O–H groups in total. The number of aromatic nitrogens is 2. The van der Waals surface area contributed by atoms with E-state index in [1.807, 2.05) is 25.0 Å². The number of hydrogen-bond acceptors (Lipinski definition) is 3. The molecule has 0 aliphatic heterocycles. The molecule has 102 valence electrons. The van der Waals surface area contributed by atoms with Crippen molar-refractivity contribution in [2.45, 2.75) is 48.8 Å². The summed E-state index contributed by atoms with van der Waals surface area (Å²) in [5, 5.41) is 4.14. The van der Waals surface area contributed by atoms with Crippen LogP contribution in [0.5, 0.6) is 0 Å². The largest absolute Gasteiger partial charge is 0.308 e. The van der Waals surface area contributed by atoms with Gasteiger partial charge in [0.2, 0.25) is 0 Å². The first kappa shape index (κ1) is 13.0. The summed E-state index contributed by atoms with van der Waals surface area (Å²) in [5.74, 6) is 1.07. The fourth-order valence-corrected chi connectivity index (χ4v) is 3.70. The van der Waals surface area contributed by atoms with Crippen LogP contribution in [0, 0.1) is 0 Å². The Morgan fingerprint density at radius 1 is 1.42 bits per heavy atom. The zero-order valence-corrected chi connectivity index (χ0v) is 12.6. The summed E-state index contributed by atoms with van der Waals surface area (Å²) < 4.78 is 2.22. The highest BCUT2D eigenvalue weighted by Gasteiger charge is 2.25. The lowest BCUT2D eigenvalue weighted by atomic mass is 10.0. The molecule has 1 saturated carbocycles. The fraction of sp³-hybridized carbons (Fsp3) is 0.533. The topological polar surface area (TPSA) is 29.3 Å². The smallest absolute Gasteiger partial charge is 0.133 e. The van der Waals surface area contributed by atoms with Crippen LogP contribution in [0.2, 0.25) is 0 Å². The van der Waals surface area contributed by atoms with E-state index in [1.165, 1.54) is 29.7 Å². The number of fused-ring (bicyclic) bond motifs is 1. The van der Waals surface area contributed by atoms with Gasteiger partial charge in [0.1, 0.15) is 5.82 Å². The zero-order valence-electron chi connectivity index (χ0n) is 11.8. The van der Waals surface area contributed by atoms with Crippen LogP contribution in [0.4, 0.5) is 0 Å². The van der Waals surface area contributed by atoms with Crippen LogP contribution in [0.15, 0.2) is 29.4 Å². The molecule has 0 saturated heterocycles. The quantitative estimate of drug-likeness (QED) is 0.927. The van der Waals surface area contributed by atoms with Crippen LogP contribution in [0.1, 0.15) is 38.9 Å². The molecule has 0 unspecified atom stereocenters. The van der Waals surface area contributed by atoms with Crippen molar-refractivity contribution >= 4 is 17.3 Å². The molecule has 3 nitrogen and oxygen atoms in total. The zero-order chi connectivity index (χ0) is 13.5. The highest BCUT2D eigenvalue weighted by Crippen LogP contribution is 2.38. The van der Waals surface area contributed by atoms with E-state index in [-0.39, 0.29) is 5.54 Å². The molecule has 4 heteroatoms. The maximum absolute atomic E-state index is 4.64. The van der Waals surface area contributed by atoms with E-state index in [2.05, 4.69) is 46.9 Å². The minimum Gasteiger partial charge on any atom is -0.308 e. The third kappa shape index (κ3) is 2.28. The van der Waals surface area contributed by atoms with Gasteiger partial charge in [-0.15, -0.1) is 11.8 Å². The standard InChI is InChI=1S/C15H21N3S/c1-15(2,16-3)14-17-10-12-13(8-5-9-18(12)14)19-11-6-4-7-11/h5,8-11,16H,4,6-7H2,1-3H3. The van der Waals surface area contributed by atoms with Crippen LogP contribution in [0.25, 0.3) is 5.52 Å². The third-order valence-corrected chi connectivity index (χ3v) is 5.47. The summed E-state index contributed by atoms with van der Waals surface area (Å²) in [6, 6.07) is 4.35. The summed E-state index contributed by atoms with van der Waals surface area (Å²) >= 11 is 2.01. The van der Waals surface area contributed by atoms with Crippen molar-refractivity contribution in [1.82, 2.24) is 14.7 Å². The Morgan fingerprint density at radius 3 is 2.84 bits per heavy atom. The molecule has 1 aliphatic carbocycles. The molecule has 0 atom stereocenters. The molecule has 0 radical (unpaired) electrons. The Bertz CT molecular complexity index is 584. The number of thioether (sulfide) groups is 1. The minimum atomic E-state index is -0.119.